The van der Waals surface area contributed by atoms with Gasteiger partial charge in [0.1, 0.15) is 11.6 Å². The van der Waals surface area contributed by atoms with Crippen LogP contribution in [0.25, 0.3) is 5.69 Å². The van der Waals surface area contributed by atoms with Crippen LogP contribution in [-0.2, 0) is 0 Å². The van der Waals surface area contributed by atoms with Gasteiger partial charge in [0, 0.05) is 6.20 Å². The minimum Gasteiger partial charge on any atom is -0.363 e. The molecule has 0 aliphatic heterocycles. The molecule has 0 aliphatic carbocycles. The summed E-state index contributed by atoms with van der Waals surface area (Å²) in [5.74, 6) is 2.31. The lowest BCUT2D eigenvalue weighted by Crippen LogP contribution is -2.09. The summed E-state index contributed by atoms with van der Waals surface area (Å²) in [7, 11) is 0. The van der Waals surface area contributed by atoms with Crippen LogP contribution in [0.1, 0.15) is 30.2 Å². The van der Waals surface area contributed by atoms with Gasteiger partial charge in [-0.15, -0.1) is 5.10 Å². The highest BCUT2D eigenvalue weighted by Crippen LogP contribution is 2.20. The molecule has 112 valence electrons. The van der Waals surface area contributed by atoms with E-state index in [0.717, 1.165) is 28.7 Å². The van der Waals surface area contributed by atoms with Crippen LogP contribution in [0, 0.1) is 13.8 Å². The van der Waals surface area contributed by atoms with Crippen LogP contribution < -0.4 is 5.32 Å². The second kappa shape index (κ2) is 5.88. The summed E-state index contributed by atoms with van der Waals surface area (Å²) in [5, 5.41) is 15.0. The van der Waals surface area contributed by atoms with Crippen LogP contribution in [0.2, 0.25) is 0 Å². The summed E-state index contributed by atoms with van der Waals surface area (Å²) in [5.41, 5.74) is 2.07. The molecule has 0 spiro atoms. The van der Waals surface area contributed by atoms with Crippen molar-refractivity contribution >= 4 is 5.82 Å². The van der Waals surface area contributed by atoms with Crippen molar-refractivity contribution in [3.63, 3.8) is 0 Å². The first-order valence-corrected chi connectivity index (χ1v) is 7.05. The lowest BCUT2D eigenvalue weighted by atomic mass is 10.1. The molecule has 1 atom stereocenters. The first kappa shape index (κ1) is 14.1. The molecule has 0 radical (unpaired) electrons. The number of hydrogen-bond donors (Lipinski definition) is 1. The summed E-state index contributed by atoms with van der Waals surface area (Å²) in [6.07, 6.45) is 1.75. The molecular formula is C15H17N7. The number of aromatic nitrogens is 6. The summed E-state index contributed by atoms with van der Waals surface area (Å²) in [6, 6.07) is 10.1. The van der Waals surface area contributed by atoms with Crippen molar-refractivity contribution in [1.29, 1.82) is 0 Å². The minimum atomic E-state index is 0.103. The van der Waals surface area contributed by atoms with Crippen LogP contribution in [0.4, 0.5) is 5.82 Å². The summed E-state index contributed by atoms with van der Waals surface area (Å²) in [6.45, 7) is 5.83. The normalized spacial score (nSPS) is 12.1. The molecule has 1 N–H and O–H groups in total. The second-order valence-corrected chi connectivity index (χ2v) is 5.09. The van der Waals surface area contributed by atoms with Gasteiger partial charge in [-0.1, -0.05) is 12.1 Å². The molecule has 3 aromatic rings. The summed E-state index contributed by atoms with van der Waals surface area (Å²) in [4.78, 5) is 8.47. The Morgan fingerprint density at radius 2 is 2.05 bits per heavy atom. The molecule has 7 nitrogen and oxygen atoms in total. The number of nitrogens with zero attached hydrogens (tertiary/aromatic N) is 6. The Morgan fingerprint density at radius 3 is 2.77 bits per heavy atom. The molecule has 7 heteroatoms. The van der Waals surface area contributed by atoms with Gasteiger partial charge in [-0.25, -0.2) is 9.97 Å². The molecular weight excluding hydrogens is 278 g/mol. The average molecular weight is 295 g/mol. The first-order chi connectivity index (χ1) is 10.6. The first-order valence-electron chi connectivity index (χ1n) is 7.05. The molecule has 3 rings (SSSR count). The van der Waals surface area contributed by atoms with E-state index in [2.05, 4.69) is 49.9 Å². The van der Waals surface area contributed by atoms with Gasteiger partial charge in [0.05, 0.1) is 11.7 Å². The van der Waals surface area contributed by atoms with E-state index in [1.807, 2.05) is 32.0 Å². The van der Waals surface area contributed by atoms with Gasteiger partial charge in [0.15, 0.2) is 5.82 Å². The Kier molecular flexibility index (Phi) is 3.78. The van der Waals surface area contributed by atoms with E-state index in [4.69, 9.17) is 0 Å². The molecule has 22 heavy (non-hydrogen) atoms. The Labute approximate surface area is 128 Å². The monoisotopic (exact) mass is 295 g/mol. The van der Waals surface area contributed by atoms with E-state index in [9.17, 15) is 0 Å². The van der Waals surface area contributed by atoms with Gasteiger partial charge in [-0.2, -0.15) is 4.68 Å². The lowest BCUT2D eigenvalue weighted by Gasteiger charge is -2.16. The van der Waals surface area contributed by atoms with E-state index in [1.54, 1.807) is 10.9 Å². The number of benzene rings is 1. The molecule has 0 bridgehead atoms. The predicted octanol–water partition coefficient (Wildman–Crippen LogP) is 2.24. The van der Waals surface area contributed by atoms with Crippen LogP contribution >= 0.6 is 0 Å². The highest BCUT2D eigenvalue weighted by atomic mass is 15.5. The molecule has 2 aromatic heterocycles. The van der Waals surface area contributed by atoms with Crippen LogP contribution in [0.5, 0.6) is 0 Å². The Morgan fingerprint density at radius 1 is 1.18 bits per heavy atom. The highest BCUT2D eigenvalue weighted by Gasteiger charge is 2.09. The zero-order chi connectivity index (χ0) is 15.5. The van der Waals surface area contributed by atoms with E-state index < -0.39 is 0 Å². The summed E-state index contributed by atoms with van der Waals surface area (Å²) >= 11 is 0. The van der Waals surface area contributed by atoms with Gasteiger partial charge in [0.25, 0.3) is 0 Å². The zero-order valence-electron chi connectivity index (χ0n) is 12.7. The summed E-state index contributed by atoms with van der Waals surface area (Å²) < 4.78 is 1.71. The van der Waals surface area contributed by atoms with Crippen molar-refractivity contribution in [2.24, 2.45) is 0 Å². The third-order valence-corrected chi connectivity index (χ3v) is 3.38. The fraction of sp³-hybridized carbons (Fsp3) is 0.267. The number of hydrogen-bond acceptors (Lipinski definition) is 6. The number of tetrazole rings is 1. The maximum Gasteiger partial charge on any atom is 0.153 e. The molecule has 0 amide bonds. The second-order valence-electron chi connectivity index (χ2n) is 5.09. The van der Waals surface area contributed by atoms with Crippen molar-refractivity contribution in [3.8, 4) is 5.69 Å². The number of anilines is 1. The van der Waals surface area contributed by atoms with Gasteiger partial charge in [-0.3, -0.25) is 0 Å². The largest absolute Gasteiger partial charge is 0.363 e. The molecule has 2 heterocycles. The number of nitrogens with one attached hydrogen (secondary N) is 1. The minimum absolute atomic E-state index is 0.103. The maximum atomic E-state index is 4.37. The van der Waals surface area contributed by atoms with Crippen molar-refractivity contribution < 1.29 is 0 Å². The van der Waals surface area contributed by atoms with Crippen LogP contribution in [0.3, 0.4) is 0 Å². The van der Waals surface area contributed by atoms with E-state index in [-0.39, 0.29) is 6.04 Å². The molecule has 0 saturated carbocycles. The van der Waals surface area contributed by atoms with Crippen LogP contribution in [0.15, 0.2) is 36.5 Å². The van der Waals surface area contributed by atoms with Crippen molar-refractivity contribution in [1.82, 2.24) is 30.2 Å². The smallest absolute Gasteiger partial charge is 0.153 e. The van der Waals surface area contributed by atoms with Crippen LogP contribution in [-0.4, -0.2) is 30.2 Å². The Balaban J connectivity index is 1.84. The standard InChI is InChI=1S/C15H17N7/c1-10(17-15-7-8-16-11(2)18-15)13-5-4-6-14(9-13)22-12(3)19-20-21-22/h4-10H,1-3H3,(H,16,17,18). The van der Waals surface area contributed by atoms with E-state index in [0.29, 0.717) is 0 Å². The van der Waals surface area contributed by atoms with Crippen molar-refractivity contribution in [2.75, 3.05) is 5.32 Å². The lowest BCUT2D eigenvalue weighted by molar-refractivity contribution is 0.775. The van der Waals surface area contributed by atoms with Gasteiger partial charge < -0.3 is 5.32 Å². The quantitative estimate of drug-likeness (QED) is 0.795. The fourth-order valence-corrected chi connectivity index (χ4v) is 2.24. The fourth-order valence-electron chi connectivity index (χ4n) is 2.24. The maximum absolute atomic E-state index is 4.37. The molecule has 1 unspecified atom stereocenters. The van der Waals surface area contributed by atoms with E-state index >= 15 is 0 Å². The number of rotatable bonds is 4. The Hall–Kier alpha value is -2.83. The third-order valence-electron chi connectivity index (χ3n) is 3.38. The SMILES string of the molecule is Cc1nccc(NC(C)c2cccc(-n3nnnc3C)c2)n1. The molecule has 0 fully saturated rings. The van der Waals surface area contributed by atoms with E-state index in [1.165, 1.54) is 0 Å². The predicted molar refractivity (Wildman–Crippen MR) is 82.7 cm³/mol. The highest BCUT2D eigenvalue weighted by molar-refractivity contribution is 5.41. The van der Waals surface area contributed by atoms with Gasteiger partial charge >= 0.3 is 0 Å². The van der Waals surface area contributed by atoms with Crippen molar-refractivity contribution in [3.05, 3.63) is 53.7 Å². The molecule has 1 aromatic carbocycles. The average Bonchev–Trinajstić information content (AvgIpc) is 2.93. The van der Waals surface area contributed by atoms with Crippen molar-refractivity contribution in [2.45, 2.75) is 26.8 Å². The number of aryl methyl sites for hydroxylation is 2. The molecule has 0 aliphatic rings. The van der Waals surface area contributed by atoms with Gasteiger partial charge in [-0.05, 0) is 55.0 Å². The third kappa shape index (κ3) is 2.93. The molecule has 0 saturated heterocycles. The van der Waals surface area contributed by atoms with Gasteiger partial charge in [0.2, 0.25) is 0 Å². The Bertz CT molecular complexity index is 781. The zero-order valence-corrected chi connectivity index (χ0v) is 12.7. The topological polar surface area (TPSA) is 81.4 Å².